The number of anilines is 1. The van der Waals surface area contributed by atoms with Crippen LogP contribution in [0.25, 0.3) is 11.0 Å². The Morgan fingerprint density at radius 2 is 1.94 bits per heavy atom. The molecule has 2 unspecified atom stereocenters. The summed E-state index contributed by atoms with van der Waals surface area (Å²) in [6.45, 7) is -0.00870. The van der Waals surface area contributed by atoms with Crippen LogP contribution in [0.3, 0.4) is 0 Å². The number of fused-ring (bicyclic) bond motifs is 1. The van der Waals surface area contributed by atoms with Crippen LogP contribution in [0.2, 0.25) is 5.28 Å². The van der Waals surface area contributed by atoms with E-state index in [-0.39, 0.29) is 30.8 Å². The van der Waals surface area contributed by atoms with Gasteiger partial charge in [-0.25, -0.2) is 4.68 Å². The molecule has 0 aromatic carbocycles. The van der Waals surface area contributed by atoms with Gasteiger partial charge >= 0.3 is 0 Å². The first-order valence-electron chi connectivity index (χ1n) is 12.3. The van der Waals surface area contributed by atoms with E-state index >= 15 is 0 Å². The summed E-state index contributed by atoms with van der Waals surface area (Å²) in [6.07, 6.45) is 9.27. The van der Waals surface area contributed by atoms with E-state index in [1.54, 1.807) is 10.9 Å². The molecule has 4 N–H and O–H groups in total. The Labute approximate surface area is 210 Å². The second-order valence-corrected chi connectivity index (χ2v) is 11.5. The van der Waals surface area contributed by atoms with Crippen LogP contribution >= 0.6 is 20.0 Å². The molecule has 1 aliphatic heterocycles. The lowest BCUT2D eigenvalue weighted by Gasteiger charge is -2.33. The van der Waals surface area contributed by atoms with Crippen molar-refractivity contribution in [3.8, 4) is 0 Å². The number of aromatic nitrogens is 4. The predicted molar refractivity (Wildman–Crippen MR) is 130 cm³/mol. The highest BCUT2D eigenvalue weighted by Crippen LogP contribution is 2.44. The molecule has 0 amide bonds. The third-order valence-electron chi connectivity index (χ3n) is 7.01. The van der Waals surface area contributed by atoms with E-state index < -0.39 is 20.3 Å². The van der Waals surface area contributed by atoms with E-state index in [2.05, 4.69) is 20.4 Å². The van der Waals surface area contributed by atoms with E-state index in [9.17, 15) is 14.9 Å². The second kappa shape index (κ2) is 11.1. The van der Waals surface area contributed by atoms with Crippen molar-refractivity contribution in [1.82, 2.24) is 19.7 Å². The van der Waals surface area contributed by atoms with E-state index in [0.717, 1.165) is 31.1 Å². The minimum atomic E-state index is -2.57. The number of aliphatic hydroxyl groups is 1. The fourth-order valence-electron chi connectivity index (χ4n) is 4.70. The molecule has 0 spiro atoms. The fraction of sp³-hybridized carbons (Fsp3) is 0.773. The Morgan fingerprint density at radius 1 is 1.14 bits per heavy atom. The molecule has 35 heavy (non-hydrogen) atoms. The first-order chi connectivity index (χ1) is 17.0. The minimum absolute atomic E-state index is 0.0785. The molecule has 0 radical (unpaired) electrons. The van der Waals surface area contributed by atoms with Crippen LogP contribution in [0.1, 0.15) is 57.6 Å². The largest absolute Gasteiger partial charge is 0.393 e. The number of aliphatic hydroxyl groups excluding tert-OH is 1. The van der Waals surface area contributed by atoms with E-state index in [1.165, 1.54) is 12.8 Å². The summed E-state index contributed by atoms with van der Waals surface area (Å²) >= 11 is 6.24. The molecule has 2 aromatic rings. The third-order valence-corrected chi connectivity index (χ3v) is 8.31. The Morgan fingerprint density at radius 3 is 2.66 bits per heavy atom. The minimum Gasteiger partial charge on any atom is -0.393 e. The van der Waals surface area contributed by atoms with Crippen LogP contribution in [0.4, 0.5) is 5.82 Å². The maximum atomic E-state index is 9.96. The van der Waals surface area contributed by atoms with Crippen LogP contribution in [0.5, 0.6) is 0 Å². The van der Waals surface area contributed by atoms with E-state index in [0.29, 0.717) is 42.9 Å². The lowest BCUT2D eigenvalue weighted by molar-refractivity contribution is -0.116. The molecule has 11 nitrogen and oxygen atoms in total. The van der Waals surface area contributed by atoms with Crippen molar-refractivity contribution in [3.05, 3.63) is 11.5 Å². The van der Waals surface area contributed by atoms with Gasteiger partial charge in [-0.3, -0.25) is 0 Å². The fourth-order valence-corrected chi connectivity index (χ4v) is 5.39. The third kappa shape index (κ3) is 5.88. The highest BCUT2D eigenvalue weighted by molar-refractivity contribution is 7.46. The van der Waals surface area contributed by atoms with Gasteiger partial charge in [0.15, 0.2) is 17.2 Å². The summed E-state index contributed by atoms with van der Waals surface area (Å²) in [5.74, 6) is 1.21. The predicted octanol–water partition coefficient (Wildman–Crippen LogP) is 2.94. The quantitative estimate of drug-likeness (QED) is 0.239. The normalized spacial score (nSPS) is 25.1. The van der Waals surface area contributed by atoms with Gasteiger partial charge in [0, 0.05) is 12.6 Å². The molecule has 2 aliphatic carbocycles. The first-order valence-corrected chi connectivity index (χ1v) is 13.9. The lowest BCUT2D eigenvalue weighted by Crippen LogP contribution is -2.42. The zero-order chi connectivity index (χ0) is 24.4. The van der Waals surface area contributed by atoms with Gasteiger partial charge in [-0.2, -0.15) is 15.1 Å². The number of hydrogen-bond donors (Lipinski definition) is 4. The average Bonchev–Trinajstić information content (AvgIpc) is 3.19. The van der Waals surface area contributed by atoms with Gasteiger partial charge in [0.25, 0.3) is 0 Å². The van der Waals surface area contributed by atoms with Crippen LogP contribution < -0.4 is 5.32 Å². The van der Waals surface area contributed by atoms with Crippen LogP contribution in [-0.2, 0) is 14.2 Å². The molecule has 2 aromatic heterocycles. The zero-order valence-electron chi connectivity index (χ0n) is 19.6. The van der Waals surface area contributed by atoms with E-state index in [4.69, 9.17) is 25.8 Å². The van der Waals surface area contributed by atoms with Crippen molar-refractivity contribution in [2.75, 3.05) is 31.7 Å². The highest BCUT2D eigenvalue weighted by Gasteiger charge is 2.42. The number of hydrogen-bond acceptors (Lipinski definition) is 10. The zero-order valence-corrected chi connectivity index (χ0v) is 21.2. The SMILES string of the molecule is OC[C@@](COCC1CC1)(OCC1CCC(n2ncc3c(NC4CCCC4)nc(Cl)nc32)O1)P(O)O. The molecule has 13 heteroatoms. The summed E-state index contributed by atoms with van der Waals surface area (Å²) < 4.78 is 19.3. The Kier molecular flexibility index (Phi) is 8.05. The topological polar surface area (TPSA) is 144 Å². The monoisotopic (exact) mass is 529 g/mol. The summed E-state index contributed by atoms with van der Waals surface area (Å²) in [7, 11) is -2.57. The summed E-state index contributed by atoms with van der Waals surface area (Å²) in [4.78, 5) is 28.7. The van der Waals surface area contributed by atoms with Gasteiger partial charge in [0.1, 0.15) is 5.82 Å². The molecule has 3 heterocycles. The molecule has 194 valence electrons. The van der Waals surface area contributed by atoms with Crippen LogP contribution in [0, 0.1) is 5.92 Å². The molecule has 5 rings (SSSR count). The van der Waals surface area contributed by atoms with Gasteiger partial charge in [-0.1, -0.05) is 12.8 Å². The Hall–Kier alpha value is -1.17. The molecule has 3 atom stereocenters. The Bertz CT molecular complexity index is 1000. The maximum absolute atomic E-state index is 9.96. The van der Waals surface area contributed by atoms with Crippen molar-refractivity contribution >= 4 is 36.8 Å². The molecular weight excluding hydrogens is 497 g/mol. The lowest BCUT2D eigenvalue weighted by atomic mass is 10.2. The van der Waals surface area contributed by atoms with E-state index in [1.807, 2.05) is 0 Å². The summed E-state index contributed by atoms with van der Waals surface area (Å²) in [5, 5.41) is 17.3. The number of nitrogens with one attached hydrogen (secondary N) is 1. The smallest absolute Gasteiger partial charge is 0.226 e. The van der Waals surface area contributed by atoms with Crippen LogP contribution in [0.15, 0.2) is 6.20 Å². The Balaban J connectivity index is 1.23. The van der Waals surface area contributed by atoms with Gasteiger partial charge < -0.3 is 34.4 Å². The van der Waals surface area contributed by atoms with Gasteiger partial charge in [-0.05, 0) is 56.0 Å². The standard InChI is InChI=1S/C22H33ClN5O6P/c23-21-26-19(25-15-3-1-2-4-15)17-9-24-28(20(17)27-21)18-8-7-16(34-18)11-33-22(12-29,35(30)31)13-32-10-14-5-6-14/h9,14-16,18,29-31H,1-8,10-13H2,(H,25,26,27)/t16?,18?,22-/m1/s1. The summed E-state index contributed by atoms with van der Waals surface area (Å²) in [6, 6.07) is 0.375. The molecule has 1 saturated heterocycles. The number of nitrogens with zero attached hydrogens (tertiary/aromatic N) is 4. The highest BCUT2D eigenvalue weighted by atomic mass is 35.5. The van der Waals surface area contributed by atoms with Crippen molar-refractivity contribution in [2.24, 2.45) is 5.92 Å². The second-order valence-electron chi connectivity index (χ2n) is 9.75. The first kappa shape index (κ1) is 25.5. The molecule has 2 saturated carbocycles. The average molecular weight is 530 g/mol. The number of rotatable bonds is 12. The van der Waals surface area contributed by atoms with Crippen molar-refractivity contribution in [2.45, 2.75) is 75.1 Å². The van der Waals surface area contributed by atoms with Crippen molar-refractivity contribution in [1.29, 1.82) is 0 Å². The molecule has 3 aliphatic rings. The van der Waals surface area contributed by atoms with Crippen molar-refractivity contribution in [3.63, 3.8) is 0 Å². The molecule has 0 bridgehead atoms. The maximum Gasteiger partial charge on any atom is 0.226 e. The molecular formula is C22H33ClN5O6P. The number of halogens is 1. The van der Waals surface area contributed by atoms with Gasteiger partial charge in [-0.15, -0.1) is 0 Å². The van der Waals surface area contributed by atoms with Gasteiger partial charge in [0.2, 0.25) is 13.7 Å². The summed E-state index contributed by atoms with van der Waals surface area (Å²) in [5.41, 5.74) is 0.601. The van der Waals surface area contributed by atoms with Crippen LogP contribution in [-0.4, -0.2) is 78.6 Å². The molecule has 3 fully saturated rings. The number of ether oxygens (including phenoxy) is 3. The van der Waals surface area contributed by atoms with Gasteiger partial charge in [0.05, 0.1) is 37.5 Å². The van der Waals surface area contributed by atoms with Crippen molar-refractivity contribution < 1.29 is 29.1 Å².